The molecule has 98 valence electrons. The van der Waals surface area contributed by atoms with Gasteiger partial charge in [0.1, 0.15) is 5.60 Å². The Morgan fingerprint density at radius 2 is 1.94 bits per heavy atom. The summed E-state index contributed by atoms with van der Waals surface area (Å²) in [4.78, 5) is 14.2. The summed E-state index contributed by atoms with van der Waals surface area (Å²) in [7, 11) is 0. The molecule has 4 heteroatoms. The smallest absolute Gasteiger partial charge is 0.230 e. The van der Waals surface area contributed by atoms with E-state index in [4.69, 9.17) is 5.73 Å². The maximum absolute atomic E-state index is 12.4. The van der Waals surface area contributed by atoms with E-state index >= 15 is 0 Å². The van der Waals surface area contributed by atoms with Crippen molar-refractivity contribution >= 4 is 5.91 Å². The number of nitrogens with zero attached hydrogens (tertiary/aromatic N) is 1. The van der Waals surface area contributed by atoms with Crippen LogP contribution >= 0.6 is 0 Å². The first-order valence-electron chi connectivity index (χ1n) is 6.73. The van der Waals surface area contributed by atoms with Gasteiger partial charge in [-0.2, -0.15) is 0 Å². The molecule has 1 aliphatic heterocycles. The van der Waals surface area contributed by atoms with Crippen LogP contribution in [-0.4, -0.2) is 41.1 Å². The predicted molar refractivity (Wildman–Crippen MR) is 66.3 cm³/mol. The van der Waals surface area contributed by atoms with Gasteiger partial charge in [0.25, 0.3) is 0 Å². The third-order valence-corrected chi connectivity index (χ3v) is 4.75. The molecule has 0 unspecified atom stereocenters. The van der Waals surface area contributed by atoms with Gasteiger partial charge in [-0.15, -0.1) is 0 Å². The van der Waals surface area contributed by atoms with E-state index in [1.807, 2.05) is 13.8 Å². The Morgan fingerprint density at radius 1 is 1.41 bits per heavy atom. The maximum Gasteiger partial charge on any atom is 0.230 e. The fourth-order valence-corrected chi connectivity index (χ4v) is 2.90. The molecule has 0 aromatic carbocycles. The Labute approximate surface area is 103 Å². The highest BCUT2D eigenvalue weighted by atomic mass is 16.3. The Balaban J connectivity index is 1.97. The van der Waals surface area contributed by atoms with Gasteiger partial charge in [0, 0.05) is 6.54 Å². The van der Waals surface area contributed by atoms with Crippen molar-refractivity contribution in [3.05, 3.63) is 0 Å². The van der Waals surface area contributed by atoms with Gasteiger partial charge in [0.05, 0.1) is 18.5 Å². The van der Waals surface area contributed by atoms with Crippen molar-refractivity contribution in [2.24, 2.45) is 17.1 Å². The average molecular weight is 240 g/mol. The fraction of sp³-hybridized carbons (Fsp3) is 0.923. The average Bonchev–Trinajstić information content (AvgIpc) is 3.12. The Morgan fingerprint density at radius 3 is 2.29 bits per heavy atom. The van der Waals surface area contributed by atoms with E-state index in [2.05, 4.69) is 0 Å². The third-order valence-electron chi connectivity index (χ3n) is 4.75. The van der Waals surface area contributed by atoms with Crippen molar-refractivity contribution < 1.29 is 9.90 Å². The summed E-state index contributed by atoms with van der Waals surface area (Å²) in [5, 5.41) is 10.2. The largest absolute Gasteiger partial charge is 0.386 e. The molecule has 0 aromatic heterocycles. The highest BCUT2D eigenvalue weighted by molar-refractivity contribution is 5.84. The fourth-order valence-electron chi connectivity index (χ4n) is 2.90. The van der Waals surface area contributed by atoms with Crippen LogP contribution in [0.4, 0.5) is 0 Å². The molecule has 0 spiro atoms. The minimum absolute atomic E-state index is 0.135. The number of nitrogens with two attached hydrogens (primary N) is 1. The number of carbonyl (C=O) groups excluding carboxylic acids is 1. The minimum atomic E-state index is -0.586. The van der Waals surface area contributed by atoms with E-state index in [-0.39, 0.29) is 5.91 Å². The third kappa shape index (κ3) is 1.97. The normalized spacial score (nSPS) is 23.4. The van der Waals surface area contributed by atoms with Crippen molar-refractivity contribution in [2.75, 3.05) is 19.6 Å². The lowest BCUT2D eigenvalue weighted by atomic mass is 9.78. The molecule has 1 saturated carbocycles. The van der Waals surface area contributed by atoms with Crippen LogP contribution in [0, 0.1) is 11.3 Å². The van der Waals surface area contributed by atoms with Crippen LogP contribution in [0.15, 0.2) is 0 Å². The molecular weight excluding hydrogens is 216 g/mol. The van der Waals surface area contributed by atoms with Crippen LogP contribution < -0.4 is 5.73 Å². The first-order chi connectivity index (χ1) is 8.01. The Hall–Kier alpha value is -0.610. The highest BCUT2D eigenvalue weighted by Crippen LogP contribution is 2.45. The molecule has 1 aliphatic carbocycles. The molecule has 0 aromatic rings. The Kier molecular flexibility index (Phi) is 3.21. The minimum Gasteiger partial charge on any atom is -0.386 e. The van der Waals surface area contributed by atoms with Crippen molar-refractivity contribution in [3.8, 4) is 0 Å². The summed E-state index contributed by atoms with van der Waals surface area (Å²) in [6.07, 6.45) is 3.78. The number of rotatable bonds is 5. The van der Waals surface area contributed by atoms with Gasteiger partial charge < -0.3 is 15.7 Å². The summed E-state index contributed by atoms with van der Waals surface area (Å²) in [5.74, 6) is 0.567. The molecule has 2 rings (SSSR count). The van der Waals surface area contributed by atoms with Crippen LogP contribution in [0.1, 0.15) is 39.5 Å². The van der Waals surface area contributed by atoms with E-state index in [0.29, 0.717) is 25.6 Å². The van der Waals surface area contributed by atoms with E-state index in [1.165, 1.54) is 0 Å². The lowest BCUT2D eigenvalue weighted by Gasteiger charge is -2.50. The second-order valence-corrected chi connectivity index (χ2v) is 5.73. The molecule has 3 N–H and O–H groups in total. The molecule has 1 saturated heterocycles. The number of aliphatic hydroxyl groups is 1. The topological polar surface area (TPSA) is 66.6 Å². The number of hydrogen-bond donors (Lipinski definition) is 2. The second kappa shape index (κ2) is 4.25. The van der Waals surface area contributed by atoms with E-state index in [9.17, 15) is 9.90 Å². The van der Waals surface area contributed by atoms with Crippen molar-refractivity contribution in [1.29, 1.82) is 0 Å². The molecule has 0 bridgehead atoms. The number of likely N-dealkylation sites (tertiary alicyclic amines) is 1. The lowest BCUT2D eigenvalue weighted by molar-refractivity contribution is -0.169. The molecule has 2 fully saturated rings. The summed E-state index contributed by atoms with van der Waals surface area (Å²) in [5.41, 5.74) is 4.78. The predicted octanol–water partition coefficient (Wildman–Crippen LogP) is 0.735. The van der Waals surface area contributed by atoms with Gasteiger partial charge in [-0.05, 0) is 31.6 Å². The van der Waals surface area contributed by atoms with E-state index < -0.39 is 11.0 Å². The highest BCUT2D eigenvalue weighted by Gasteiger charge is 2.55. The Bertz CT molecular complexity index is 294. The van der Waals surface area contributed by atoms with E-state index in [1.54, 1.807) is 4.90 Å². The molecule has 0 atom stereocenters. The standard InChI is InChI=1S/C13H24N2O2/c1-3-12(4-2,7-14)11(16)15-8-13(17,9-15)10-5-6-10/h10,17H,3-9,14H2,1-2H3. The molecule has 17 heavy (non-hydrogen) atoms. The zero-order valence-electron chi connectivity index (χ0n) is 10.9. The second-order valence-electron chi connectivity index (χ2n) is 5.73. The molecule has 4 nitrogen and oxygen atoms in total. The van der Waals surface area contributed by atoms with Crippen molar-refractivity contribution in [1.82, 2.24) is 4.90 Å². The SMILES string of the molecule is CCC(CC)(CN)C(=O)N1CC(O)(C2CC2)C1. The van der Waals surface area contributed by atoms with Crippen LogP contribution in [0.25, 0.3) is 0 Å². The van der Waals surface area contributed by atoms with Gasteiger partial charge >= 0.3 is 0 Å². The molecule has 1 amide bonds. The first kappa shape index (κ1) is 12.8. The summed E-state index contributed by atoms with van der Waals surface area (Å²) in [6.45, 7) is 5.45. The lowest BCUT2D eigenvalue weighted by Crippen LogP contribution is -2.67. The molecule has 0 radical (unpaired) electrons. The van der Waals surface area contributed by atoms with Gasteiger partial charge in [-0.1, -0.05) is 13.8 Å². The van der Waals surface area contributed by atoms with Crippen LogP contribution in [0.2, 0.25) is 0 Å². The summed E-state index contributed by atoms with van der Waals surface area (Å²) >= 11 is 0. The quantitative estimate of drug-likeness (QED) is 0.744. The van der Waals surface area contributed by atoms with E-state index in [0.717, 1.165) is 25.7 Å². The van der Waals surface area contributed by atoms with Gasteiger partial charge in [0.2, 0.25) is 5.91 Å². The number of hydrogen-bond acceptors (Lipinski definition) is 3. The zero-order chi connectivity index (χ0) is 12.7. The number of amides is 1. The van der Waals surface area contributed by atoms with Crippen LogP contribution in [-0.2, 0) is 4.79 Å². The number of β-amino-alcohol motifs (C(OH)–C–C–N with tert-alkyl or cyclic N) is 1. The maximum atomic E-state index is 12.4. The summed E-state index contributed by atoms with van der Waals surface area (Å²) in [6, 6.07) is 0. The zero-order valence-corrected chi connectivity index (χ0v) is 10.9. The summed E-state index contributed by atoms with van der Waals surface area (Å²) < 4.78 is 0. The monoisotopic (exact) mass is 240 g/mol. The molecule has 2 aliphatic rings. The van der Waals surface area contributed by atoms with Crippen LogP contribution in [0.3, 0.4) is 0 Å². The molecule has 1 heterocycles. The van der Waals surface area contributed by atoms with Gasteiger partial charge in [0.15, 0.2) is 0 Å². The molecular formula is C13H24N2O2. The van der Waals surface area contributed by atoms with Gasteiger partial charge in [-0.3, -0.25) is 4.79 Å². The van der Waals surface area contributed by atoms with Gasteiger partial charge in [-0.25, -0.2) is 0 Å². The van der Waals surface area contributed by atoms with Crippen LogP contribution in [0.5, 0.6) is 0 Å². The number of carbonyl (C=O) groups is 1. The van der Waals surface area contributed by atoms with Crippen molar-refractivity contribution in [3.63, 3.8) is 0 Å². The first-order valence-corrected chi connectivity index (χ1v) is 6.73. The van der Waals surface area contributed by atoms with Crippen molar-refractivity contribution in [2.45, 2.75) is 45.1 Å².